The average Bonchev–Trinajstić information content (AvgIpc) is 3.32. The molecule has 1 heterocycles. The number of amides is 1. The number of H-pyrrole nitrogens is 1. The lowest BCUT2D eigenvalue weighted by Crippen LogP contribution is -2.47. The molecule has 1 aliphatic carbocycles. The fraction of sp³-hybridized carbons (Fsp3) is 0.458. The first-order chi connectivity index (χ1) is 15.4. The zero-order valence-corrected chi connectivity index (χ0v) is 18.9. The lowest BCUT2D eigenvalue weighted by atomic mass is 9.91. The number of carbonyl (C=O) groups is 2. The Morgan fingerprint density at radius 1 is 1.12 bits per heavy atom. The Hall–Kier alpha value is -3.29. The molecule has 2 aromatic rings. The first-order valence-corrected chi connectivity index (χ1v) is 11.2. The van der Waals surface area contributed by atoms with Crippen molar-refractivity contribution in [3.05, 3.63) is 53.4 Å². The van der Waals surface area contributed by atoms with Crippen molar-refractivity contribution in [1.82, 2.24) is 25.5 Å². The normalized spacial score (nSPS) is 14.6. The number of carboxylic acids is 1. The number of hydrogen-bond acceptors (Lipinski definition) is 5. The number of hydrogen-bond donors (Lipinski definition) is 2. The largest absolute Gasteiger partial charge is 0.480 e. The van der Waals surface area contributed by atoms with Gasteiger partial charge >= 0.3 is 5.97 Å². The Kier molecular flexibility index (Phi) is 7.92. The summed E-state index contributed by atoms with van der Waals surface area (Å²) in [6.07, 6.45) is 8.13. The van der Waals surface area contributed by atoms with Gasteiger partial charge < -0.3 is 10.0 Å². The second kappa shape index (κ2) is 10.8. The second-order valence-electron chi connectivity index (χ2n) is 8.40. The second-order valence-corrected chi connectivity index (χ2v) is 8.40. The number of allylic oxidation sites excluding steroid dienone is 4. The number of aromatic nitrogens is 4. The Bertz CT molecular complexity index is 978. The quantitative estimate of drug-likeness (QED) is 0.579. The summed E-state index contributed by atoms with van der Waals surface area (Å²) in [5, 5.41) is 24.2. The molecule has 0 bridgehead atoms. The molecule has 1 amide bonds. The number of tetrazole rings is 1. The van der Waals surface area contributed by atoms with Gasteiger partial charge in [-0.1, -0.05) is 63.6 Å². The molecule has 0 saturated heterocycles. The van der Waals surface area contributed by atoms with Gasteiger partial charge in [-0.3, -0.25) is 4.79 Å². The van der Waals surface area contributed by atoms with Crippen molar-refractivity contribution in [1.29, 1.82) is 0 Å². The minimum absolute atomic E-state index is 0.116. The van der Waals surface area contributed by atoms with Crippen LogP contribution in [0.5, 0.6) is 0 Å². The van der Waals surface area contributed by atoms with Crippen LogP contribution in [0.1, 0.15) is 69.8 Å². The Balaban J connectivity index is 1.83. The average molecular weight is 438 g/mol. The smallest absolute Gasteiger partial charge is 0.326 e. The number of benzene rings is 1. The van der Waals surface area contributed by atoms with Crippen LogP contribution in [0.4, 0.5) is 0 Å². The highest BCUT2D eigenvalue weighted by atomic mass is 16.4. The van der Waals surface area contributed by atoms with Crippen LogP contribution in [-0.4, -0.2) is 48.5 Å². The summed E-state index contributed by atoms with van der Waals surface area (Å²) in [5.41, 5.74) is 3.91. The van der Waals surface area contributed by atoms with Gasteiger partial charge in [0, 0.05) is 18.5 Å². The predicted octanol–water partition coefficient (Wildman–Crippen LogP) is 4.09. The number of aliphatic carboxylic acids is 1. The minimum atomic E-state index is -0.969. The number of unbranched alkanes of at least 4 members (excludes halogenated alkanes) is 1. The highest BCUT2D eigenvalue weighted by molar-refractivity contribution is 6.03. The van der Waals surface area contributed by atoms with E-state index >= 15 is 0 Å². The van der Waals surface area contributed by atoms with E-state index in [0.717, 1.165) is 48.0 Å². The molecule has 0 saturated carbocycles. The maximum atomic E-state index is 12.9. The first kappa shape index (κ1) is 23.4. The van der Waals surface area contributed by atoms with E-state index in [-0.39, 0.29) is 18.4 Å². The number of aromatic amines is 1. The molecule has 2 N–H and O–H groups in total. The molecular weight excluding hydrogens is 406 g/mol. The summed E-state index contributed by atoms with van der Waals surface area (Å²) in [5.74, 6) is -0.709. The number of rotatable bonds is 10. The van der Waals surface area contributed by atoms with Crippen LogP contribution < -0.4 is 0 Å². The van der Waals surface area contributed by atoms with Crippen LogP contribution >= 0.6 is 0 Å². The van der Waals surface area contributed by atoms with Crippen molar-refractivity contribution < 1.29 is 14.7 Å². The number of carboxylic acid groups (broad SMARTS) is 1. The topological polar surface area (TPSA) is 112 Å². The Morgan fingerprint density at radius 2 is 1.81 bits per heavy atom. The number of nitrogens with zero attached hydrogens (tertiary/aromatic N) is 4. The van der Waals surface area contributed by atoms with Gasteiger partial charge in [-0.25, -0.2) is 4.79 Å². The lowest BCUT2D eigenvalue weighted by Gasteiger charge is -2.32. The molecule has 1 atom stereocenters. The minimum Gasteiger partial charge on any atom is -0.480 e. The highest BCUT2D eigenvalue weighted by Crippen LogP contribution is 2.33. The van der Waals surface area contributed by atoms with Crippen molar-refractivity contribution in [2.75, 3.05) is 0 Å². The number of carbonyl (C=O) groups excluding carboxylic acids is 1. The molecular formula is C24H31N5O3. The van der Waals surface area contributed by atoms with Crippen molar-refractivity contribution in [3.63, 3.8) is 0 Å². The van der Waals surface area contributed by atoms with E-state index in [4.69, 9.17) is 0 Å². The van der Waals surface area contributed by atoms with Gasteiger partial charge in [0.15, 0.2) is 0 Å². The van der Waals surface area contributed by atoms with Crippen LogP contribution in [-0.2, 0) is 16.1 Å². The van der Waals surface area contributed by atoms with Gasteiger partial charge in [0.1, 0.15) is 6.04 Å². The van der Waals surface area contributed by atoms with E-state index in [1.54, 1.807) is 0 Å². The molecule has 32 heavy (non-hydrogen) atoms. The molecule has 0 fully saturated rings. The molecule has 0 unspecified atom stereocenters. The molecule has 1 aromatic heterocycles. The van der Waals surface area contributed by atoms with E-state index in [1.807, 2.05) is 45.0 Å². The van der Waals surface area contributed by atoms with Crippen LogP contribution in [0.15, 0.2) is 36.4 Å². The van der Waals surface area contributed by atoms with E-state index in [1.165, 1.54) is 4.90 Å². The monoisotopic (exact) mass is 437 g/mol. The summed E-state index contributed by atoms with van der Waals surface area (Å²) < 4.78 is 0. The Morgan fingerprint density at radius 3 is 2.38 bits per heavy atom. The fourth-order valence-electron chi connectivity index (χ4n) is 4.01. The molecule has 0 aliphatic heterocycles. The van der Waals surface area contributed by atoms with Gasteiger partial charge in [-0.05, 0) is 47.1 Å². The van der Waals surface area contributed by atoms with Crippen LogP contribution in [0.2, 0.25) is 0 Å². The Labute approximate surface area is 188 Å². The molecule has 1 aromatic carbocycles. The third-order valence-corrected chi connectivity index (χ3v) is 5.64. The lowest BCUT2D eigenvalue weighted by molar-refractivity contribution is -0.153. The van der Waals surface area contributed by atoms with E-state index < -0.39 is 12.0 Å². The molecule has 3 rings (SSSR count). The van der Waals surface area contributed by atoms with Gasteiger partial charge in [0.25, 0.3) is 0 Å². The van der Waals surface area contributed by atoms with Crippen molar-refractivity contribution in [2.45, 2.75) is 65.5 Å². The van der Waals surface area contributed by atoms with Gasteiger partial charge in [-0.15, -0.1) is 10.2 Å². The number of nitrogens with one attached hydrogen (secondary N) is 1. The predicted molar refractivity (Wildman–Crippen MR) is 122 cm³/mol. The fourth-order valence-corrected chi connectivity index (χ4v) is 4.01. The zero-order chi connectivity index (χ0) is 23.1. The van der Waals surface area contributed by atoms with Gasteiger partial charge in [0.05, 0.1) is 0 Å². The molecule has 170 valence electrons. The van der Waals surface area contributed by atoms with Crippen molar-refractivity contribution in [3.8, 4) is 0 Å². The SMILES string of the molecule is CCCCC(=O)N(Cc1ccc(C2=CCCC=C2c2nn[nH]n2)cc1)[C@H](C(=O)O)C(C)C. The standard InChI is InChI=1S/C24H31N5O3/c1-4-5-10-21(30)29(22(16(2)3)24(31)32)15-17-11-13-18(14-12-17)19-8-6-7-9-20(19)23-25-27-28-26-23/h8-9,11-14,16,22H,4-7,10,15H2,1-3H3,(H,31,32)(H,25,26,27,28)/t22-/m0/s1. The van der Waals surface area contributed by atoms with E-state index in [9.17, 15) is 14.7 Å². The summed E-state index contributed by atoms with van der Waals surface area (Å²) in [6, 6.07) is 7.06. The van der Waals surface area contributed by atoms with E-state index in [0.29, 0.717) is 12.2 Å². The van der Waals surface area contributed by atoms with Crippen LogP contribution in [0.3, 0.4) is 0 Å². The van der Waals surface area contributed by atoms with Crippen LogP contribution in [0, 0.1) is 5.92 Å². The molecule has 0 radical (unpaired) electrons. The zero-order valence-electron chi connectivity index (χ0n) is 18.9. The maximum Gasteiger partial charge on any atom is 0.326 e. The molecule has 1 aliphatic rings. The first-order valence-electron chi connectivity index (χ1n) is 11.2. The molecule has 8 heteroatoms. The van der Waals surface area contributed by atoms with Gasteiger partial charge in [0.2, 0.25) is 11.7 Å². The van der Waals surface area contributed by atoms with Crippen molar-refractivity contribution in [2.24, 2.45) is 5.92 Å². The molecule has 8 nitrogen and oxygen atoms in total. The summed E-state index contributed by atoms with van der Waals surface area (Å²) in [4.78, 5) is 26.3. The third-order valence-electron chi connectivity index (χ3n) is 5.64. The van der Waals surface area contributed by atoms with Crippen molar-refractivity contribution >= 4 is 23.0 Å². The maximum absolute atomic E-state index is 12.9. The molecule has 0 spiro atoms. The third kappa shape index (κ3) is 5.49. The summed E-state index contributed by atoms with van der Waals surface area (Å²) >= 11 is 0. The highest BCUT2D eigenvalue weighted by Gasteiger charge is 2.32. The van der Waals surface area contributed by atoms with Crippen LogP contribution in [0.25, 0.3) is 11.1 Å². The van der Waals surface area contributed by atoms with Gasteiger partial charge in [-0.2, -0.15) is 5.21 Å². The summed E-state index contributed by atoms with van der Waals surface area (Å²) in [7, 11) is 0. The summed E-state index contributed by atoms with van der Waals surface area (Å²) in [6.45, 7) is 5.96. The van der Waals surface area contributed by atoms with E-state index in [2.05, 4.69) is 32.8 Å².